The van der Waals surface area contributed by atoms with Crippen molar-refractivity contribution in [1.29, 1.82) is 0 Å². The summed E-state index contributed by atoms with van der Waals surface area (Å²) in [6, 6.07) is 17.1. The van der Waals surface area contributed by atoms with E-state index in [4.69, 9.17) is 4.74 Å². The van der Waals surface area contributed by atoms with Gasteiger partial charge in [0.05, 0.1) is 19.6 Å². The average Bonchev–Trinajstić information content (AvgIpc) is 2.54. The zero-order valence-corrected chi connectivity index (χ0v) is 12.7. The van der Waals surface area contributed by atoms with Crippen LogP contribution in [-0.2, 0) is 17.6 Å². The number of benzene rings is 2. The van der Waals surface area contributed by atoms with Crippen LogP contribution in [0.25, 0.3) is 0 Å². The Morgan fingerprint density at radius 1 is 1.14 bits per heavy atom. The fourth-order valence-corrected chi connectivity index (χ4v) is 2.22. The smallest absolute Gasteiger partial charge is 0.224 e. The maximum absolute atomic E-state index is 11.9. The lowest BCUT2D eigenvalue weighted by atomic mass is 10.1. The van der Waals surface area contributed by atoms with Crippen molar-refractivity contribution >= 4 is 5.91 Å². The first-order valence-electron chi connectivity index (χ1n) is 7.29. The Labute approximate surface area is 130 Å². The molecule has 0 bridgehead atoms. The minimum Gasteiger partial charge on any atom is -0.497 e. The van der Waals surface area contributed by atoms with E-state index in [0.717, 1.165) is 16.9 Å². The Bertz CT molecular complexity index is 598. The van der Waals surface area contributed by atoms with Gasteiger partial charge in [0.2, 0.25) is 5.91 Å². The molecule has 0 aromatic heterocycles. The van der Waals surface area contributed by atoms with Gasteiger partial charge in [0, 0.05) is 13.0 Å². The zero-order chi connectivity index (χ0) is 15.8. The van der Waals surface area contributed by atoms with Crippen LogP contribution in [0.1, 0.15) is 11.1 Å². The second-order valence-electron chi connectivity index (χ2n) is 5.18. The van der Waals surface area contributed by atoms with E-state index in [1.165, 1.54) is 0 Å². The fraction of sp³-hybridized carbons (Fsp3) is 0.278. The minimum atomic E-state index is -0.586. The van der Waals surface area contributed by atoms with Gasteiger partial charge in [-0.05, 0) is 23.3 Å². The lowest BCUT2D eigenvalue weighted by Gasteiger charge is -2.12. The van der Waals surface area contributed by atoms with Crippen LogP contribution in [0.15, 0.2) is 54.6 Å². The molecule has 0 radical (unpaired) electrons. The van der Waals surface area contributed by atoms with Crippen LogP contribution in [0.5, 0.6) is 5.75 Å². The number of methoxy groups -OCH3 is 1. The lowest BCUT2D eigenvalue weighted by Crippen LogP contribution is -2.34. The predicted molar refractivity (Wildman–Crippen MR) is 85.9 cm³/mol. The molecule has 0 saturated heterocycles. The van der Waals surface area contributed by atoms with Crippen LogP contribution in [0.3, 0.4) is 0 Å². The van der Waals surface area contributed by atoms with E-state index in [2.05, 4.69) is 5.32 Å². The van der Waals surface area contributed by atoms with Gasteiger partial charge in [-0.1, -0.05) is 42.5 Å². The number of nitrogens with one attached hydrogen (secondary N) is 1. The molecule has 2 aromatic rings. The first-order chi connectivity index (χ1) is 10.7. The lowest BCUT2D eigenvalue weighted by molar-refractivity contribution is -0.120. The highest BCUT2D eigenvalue weighted by Crippen LogP contribution is 2.12. The summed E-state index contributed by atoms with van der Waals surface area (Å²) in [5.41, 5.74) is 1.94. The number of hydrogen-bond donors (Lipinski definition) is 2. The number of ether oxygens (including phenoxy) is 1. The van der Waals surface area contributed by atoms with Gasteiger partial charge in [-0.3, -0.25) is 4.79 Å². The van der Waals surface area contributed by atoms with Gasteiger partial charge in [0.25, 0.3) is 0 Å². The molecule has 0 fully saturated rings. The van der Waals surface area contributed by atoms with Crippen molar-refractivity contribution in [1.82, 2.24) is 5.32 Å². The molecule has 0 spiro atoms. The second kappa shape index (κ2) is 8.20. The SMILES string of the molecule is COc1cccc(CC(=O)NCC(O)Cc2ccccc2)c1. The van der Waals surface area contributed by atoms with E-state index in [1.54, 1.807) is 7.11 Å². The highest BCUT2D eigenvalue weighted by Gasteiger charge is 2.09. The molecule has 4 nitrogen and oxygen atoms in total. The molecule has 2 aromatic carbocycles. The maximum atomic E-state index is 11.9. The number of aliphatic hydroxyl groups is 1. The van der Waals surface area contributed by atoms with Crippen molar-refractivity contribution in [3.05, 3.63) is 65.7 Å². The van der Waals surface area contributed by atoms with Gasteiger partial charge < -0.3 is 15.2 Å². The number of rotatable bonds is 7. The normalized spacial score (nSPS) is 11.7. The van der Waals surface area contributed by atoms with E-state index in [0.29, 0.717) is 6.42 Å². The largest absolute Gasteiger partial charge is 0.497 e. The van der Waals surface area contributed by atoms with E-state index < -0.39 is 6.10 Å². The summed E-state index contributed by atoms with van der Waals surface area (Å²) in [7, 11) is 1.60. The number of hydrogen-bond acceptors (Lipinski definition) is 3. The fourth-order valence-electron chi connectivity index (χ4n) is 2.22. The van der Waals surface area contributed by atoms with Crippen LogP contribution >= 0.6 is 0 Å². The first kappa shape index (κ1) is 16.0. The minimum absolute atomic E-state index is 0.111. The van der Waals surface area contributed by atoms with Gasteiger partial charge in [0.15, 0.2) is 0 Å². The Morgan fingerprint density at radius 2 is 1.86 bits per heavy atom. The standard InChI is InChI=1S/C18H21NO3/c1-22-17-9-5-8-15(11-17)12-18(21)19-13-16(20)10-14-6-3-2-4-7-14/h2-9,11,16,20H,10,12-13H2,1H3,(H,19,21). The molecule has 0 saturated carbocycles. The summed E-state index contributed by atoms with van der Waals surface area (Å²) in [6.45, 7) is 0.248. The van der Waals surface area contributed by atoms with Gasteiger partial charge in [-0.25, -0.2) is 0 Å². The van der Waals surface area contributed by atoms with E-state index >= 15 is 0 Å². The number of amides is 1. The monoisotopic (exact) mass is 299 g/mol. The summed E-state index contributed by atoms with van der Waals surface area (Å²) in [5.74, 6) is 0.620. The molecule has 2 N–H and O–H groups in total. The molecule has 0 aliphatic heterocycles. The summed E-state index contributed by atoms with van der Waals surface area (Å²) in [4.78, 5) is 11.9. The number of carbonyl (C=O) groups excluding carboxylic acids is 1. The summed E-state index contributed by atoms with van der Waals surface area (Å²) >= 11 is 0. The van der Waals surface area contributed by atoms with Gasteiger partial charge >= 0.3 is 0 Å². The van der Waals surface area contributed by atoms with Crippen molar-refractivity contribution < 1.29 is 14.6 Å². The molecular weight excluding hydrogens is 278 g/mol. The average molecular weight is 299 g/mol. The quantitative estimate of drug-likeness (QED) is 0.821. The molecule has 4 heteroatoms. The molecule has 1 unspecified atom stereocenters. The molecule has 22 heavy (non-hydrogen) atoms. The van der Waals surface area contributed by atoms with E-state index in [9.17, 15) is 9.90 Å². The van der Waals surface area contributed by atoms with E-state index in [1.807, 2.05) is 54.6 Å². The highest BCUT2D eigenvalue weighted by molar-refractivity contribution is 5.78. The third-order valence-electron chi connectivity index (χ3n) is 3.35. The second-order valence-corrected chi connectivity index (χ2v) is 5.18. The third-order valence-corrected chi connectivity index (χ3v) is 3.35. The van der Waals surface area contributed by atoms with Crippen LogP contribution in [0.4, 0.5) is 0 Å². The van der Waals surface area contributed by atoms with Crippen LogP contribution < -0.4 is 10.1 Å². The van der Waals surface area contributed by atoms with Crippen molar-refractivity contribution in [2.45, 2.75) is 18.9 Å². The molecule has 1 amide bonds. The molecule has 116 valence electrons. The van der Waals surface area contributed by atoms with Gasteiger partial charge in [-0.2, -0.15) is 0 Å². The van der Waals surface area contributed by atoms with E-state index in [-0.39, 0.29) is 18.9 Å². The van der Waals surface area contributed by atoms with Gasteiger partial charge in [-0.15, -0.1) is 0 Å². The molecule has 1 atom stereocenters. The number of carbonyl (C=O) groups is 1. The Balaban J connectivity index is 1.77. The van der Waals surface area contributed by atoms with Crippen LogP contribution in [0.2, 0.25) is 0 Å². The Kier molecular flexibility index (Phi) is 5.98. The first-order valence-corrected chi connectivity index (χ1v) is 7.29. The van der Waals surface area contributed by atoms with Crippen molar-refractivity contribution in [3.63, 3.8) is 0 Å². The van der Waals surface area contributed by atoms with Crippen molar-refractivity contribution in [2.75, 3.05) is 13.7 Å². The molecular formula is C18H21NO3. The molecule has 0 aliphatic rings. The molecule has 2 rings (SSSR count). The molecule has 0 aliphatic carbocycles. The predicted octanol–water partition coefficient (Wildman–Crippen LogP) is 1.96. The Morgan fingerprint density at radius 3 is 2.59 bits per heavy atom. The summed E-state index contributed by atoms with van der Waals surface area (Å²) in [6.07, 6.45) is 0.215. The zero-order valence-electron chi connectivity index (χ0n) is 12.7. The van der Waals surface area contributed by atoms with Crippen LogP contribution in [-0.4, -0.2) is 30.8 Å². The highest BCUT2D eigenvalue weighted by atomic mass is 16.5. The van der Waals surface area contributed by atoms with Crippen LogP contribution in [0, 0.1) is 0 Å². The Hall–Kier alpha value is -2.33. The van der Waals surface area contributed by atoms with Crippen molar-refractivity contribution in [3.8, 4) is 5.75 Å². The number of aliphatic hydroxyl groups excluding tert-OH is 1. The van der Waals surface area contributed by atoms with Gasteiger partial charge in [0.1, 0.15) is 5.75 Å². The van der Waals surface area contributed by atoms with Crippen molar-refractivity contribution in [2.24, 2.45) is 0 Å². The summed E-state index contributed by atoms with van der Waals surface area (Å²) in [5, 5.41) is 12.7. The topological polar surface area (TPSA) is 58.6 Å². The summed E-state index contributed by atoms with van der Waals surface area (Å²) < 4.78 is 5.13. The third kappa shape index (κ3) is 5.22. The maximum Gasteiger partial charge on any atom is 0.224 e. The molecule has 0 heterocycles.